The predicted molar refractivity (Wildman–Crippen MR) is 150 cm³/mol. The van der Waals surface area contributed by atoms with Crippen molar-refractivity contribution in [2.24, 2.45) is 17.3 Å². The molecule has 2 aliphatic heterocycles. The zero-order valence-electron chi connectivity index (χ0n) is 22.5. The second kappa shape index (κ2) is 9.61. The first-order valence-corrected chi connectivity index (χ1v) is 14.2. The van der Waals surface area contributed by atoms with Gasteiger partial charge in [-0.3, -0.25) is 14.4 Å². The Balaban J connectivity index is 1.42. The summed E-state index contributed by atoms with van der Waals surface area (Å²) in [7, 11) is 1.34. The third-order valence-electron chi connectivity index (χ3n) is 8.33. The third-order valence-corrected chi connectivity index (χ3v) is 9.57. The number of hydroxylamine groups is 1. The molecule has 0 saturated carbocycles. The van der Waals surface area contributed by atoms with E-state index in [4.69, 9.17) is 9.57 Å². The van der Waals surface area contributed by atoms with Gasteiger partial charge in [0.15, 0.2) is 6.10 Å². The van der Waals surface area contributed by atoms with Crippen LogP contribution >= 0.6 is 11.3 Å². The largest absolute Gasteiger partial charge is 0.465 e. The van der Waals surface area contributed by atoms with Gasteiger partial charge in [-0.15, -0.1) is 11.3 Å². The van der Waals surface area contributed by atoms with Crippen molar-refractivity contribution in [3.05, 3.63) is 82.2 Å². The van der Waals surface area contributed by atoms with Gasteiger partial charge in [0.05, 0.1) is 24.4 Å². The number of carbonyl (C=O) groups excluding carboxylic acids is 3. The molecule has 0 spiro atoms. The summed E-state index contributed by atoms with van der Waals surface area (Å²) in [6.45, 7) is 6.69. The number of para-hydroxylation sites is 1. The van der Waals surface area contributed by atoms with E-state index < -0.39 is 29.9 Å². The number of rotatable bonds is 4. The smallest absolute Gasteiger partial charge is 0.341 e. The lowest BCUT2D eigenvalue weighted by atomic mass is 9.72. The normalized spacial score (nSPS) is 24.6. The van der Waals surface area contributed by atoms with Crippen LogP contribution in [0.25, 0.3) is 0 Å². The average molecular weight is 545 g/mol. The molecule has 2 amide bonds. The maximum Gasteiger partial charge on any atom is 0.341 e. The number of ether oxygens (including phenoxy) is 1. The van der Waals surface area contributed by atoms with Gasteiger partial charge in [0.25, 0.3) is 5.91 Å². The third kappa shape index (κ3) is 4.17. The van der Waals surface area contributed by atoms with E-state index in [0.717, 1.165) is 34.5 Å². The summed E-state index contributed by atoms with van der Waals surface area (Å²) < 4.78 is 5.16. The summed E-state index contributed by atoms with van der Waals surface area (Å²) in [6, 6.07) is 18.7. The van der Waals surface area contributed by atoms with Crippen molar-refractivity contribution in [2.75, 3.05) is 17.1 Å². The molecule has 2 aromatic carbocycles. The highest BCUT2D eigenvalue weighted by atomic mass is 32.1. The Morgan fingerprint density at radius 2 is 1.67 bits per heavy atom. The Kier molecular flexibility index (Phi) is 6.35. The molecule has 2 fully saturated rings. The van der Waals surface area contributed by atoms with Crippen LogP contribution in [-0.2, 0) is 32.0 Å². The van der Waals surface area contributed by atoms with Gasteiger partial charge >= 0.3 is 5.97 Å². The second-order valence-electron chi connectivity index (χ2n) is 11.6. The average Bonchev–Trinajstić information content (AvgIpc) is 3.58. The van der Waals surface area contributed by atoms with Crippen LogP contribution in [0, 0.1) is 17.3 Å². The minimum Gasteiger partial charge on any atom is -0.465 e. The van der Waals surface area contributed by atoms with Crippen LogP contribution in [0.15, 0.2) is 60.7 Å². The lowest BCUT2D eigenvalue weighted by Gasteiger charge is -2.33. The quantitative estimate of drug-likeness (QED) is 0.308. The molecule has 2 saturated heterocycles. The molecular formula is C31H32N2O5S. The van der Waals surface area contributed by atoms with Gasteiger partial charge in [0, 0.05) is 4.88 Å². The lowest BCUT2D eigenvalue weighted by molar-refractivity contribution is -0.126. The second-order valence-corrected chi connectivity index (χ2v) is 12.6. The van der Waals surface area contributed by atoms with Crippen molar-refractivity contribution in [1.29, 1.82) is 0 Å². The van der Waals surface area contributed by atoms with Crippen LogP contribution in [0.4, 0.5) is 10.7 Å². The first kappa shape index (κ1) is 25.8. The minimum atomic E-state index is -0.991. The Labute approximate surface area is 232 Å². The molecule has 3 heterocycles. The number of benzene rings is 2. The van der Waals surface area contributed by atoms with Crippen molar-refractivity contribution in [2.45, 2.75) is 52.2 Å². The molecule has 7 nitrogen and oxygen atoms in total. The van der Waals surface area contributed by atoms with E-state index in [1.165, 1.54) is 23.3 Å². The number of methoxy groups -OCH3 is 1. The molecule has 6 rings (SSSR count). The minimum absolute atomic E-state index is 0.112. The van der Waals surface area contributed by atoms with Gasteiger partial charge in [-0.1, -0.05) is 69.3 Å². The zero-order chi connectivity index (χ0) is 27.5. The first-order chi connectivity index (χ1) is 18.7. The van der Waals surface area contributed by atoms with Crippen molar-refractivity contribution < 1.29 is 24.0 Å². The fourth-order valence-corrected chi connectivity index (χ4v) is 7.61. The van der Waals surface area contributed by atoms with Crippen molar-refractivity contribution >= 4 is 39.8 Å². The summed E-state index contributed by atoms with van der Waals surface area (Å²) in [6.07, 6.45) is 1.47. The van der Waals surface area contributed by atoms with Gasteiger partial charge in [0.2, 0.25) is 5.91 Å². The maximum atomic E-state index is 14.2. The fraction of sp³-hybridized carbons (Fsp3) is 0.387. The molecule has 0 radical (unpaired) electrons. The number of anilines is 2. The molecule has 202 valence electrons. The zero-order valence-corrected chi connectivity index (χ0v) is 23.4. The molecule has 0 N–H and O–H groups in total. The molecule has 3 aromatic rings. The van der Waals surface area contributed by atoms with Crippen molar-refractivity contribution in [3.8, 4) is 0 Å². The molecule has 0 unspecified atom stereocenters. The number of hydrogen-bond acceptors (Lipinski definition) is 7. The van der Waals surface area contributed by atoms with Crippen molar-refractivity contribution in [3.63, 3.8) is 0 Å². The van der Waals surface area contributed by atoms with Gasteiger partial charge in [-0.05, 0) is 53.9 Å². The highest BCUT2D eigenvalue weighted by molar-refractivity contribution is 7.17. The molecule has 1 aromatic heterocycles. The molecule has 8 heteroatoms. The Bertz CT molecular complexity index is 1430. The number of nitrogens with zero attached hydrogens (tertiary/aromatic N) is 2. The summed E-state index contributed by atoms with van der Waals surface area (Å²) >= 11 is 1.38. The Hall–Kier alpha value is -3.49. The Morgan fingerprint density at radius 1 is 1.00 bits per heavy atom. The summed E-state index contributed by atoms with van der Waals surface area (Å²) in [5.74, 6) is -1.63. The van der Waals surface area contributed by atoms with E-state index in [2.05, 4.69) is 20.8 Å². The topological polar surface area (TPSA) is 76.2 Å². The maximum absolute atomic E-state index is 14.2. The van der Waals surface area contributed by atoms with Crippen LogP contribution < -0.4 is 9.96 Å². The summed E-state index contributed by atoms with van der Waals surface area (Å²) in [5, 5.41) is 2.05. The van der Waals surface area contributed by atoms with Crippen LogP contribution in [0.1, 0.15) is 59.6 Å². The number of amides is 2. The number of fused-ring (bicyclic) bond motifs is 2. The van der Waals surface area contributed by atoms with E-state index in [0.29, 0.717) is 22.9 Å². The Morgan fingerprint density at radius 3 is 2.31 bits per heavy atom. The summed E-state index contributed by atoms with van der Waals surface area (Å²) in [4.78, 5) is 49.8. The number of carbonyl (C=O) groups is 3. The van der Waals surface area contributed by atoms with E-state index >= 15 is 0 Å². The predicted octanol–water partition coefficient (Wildman–Crippen LogP) is 5.74. The van der Waals surface area contributed by atoms with E-state index in [9.17, 15) is 14.4 Å². The molecule has 39 heavy (non-hydrogen) atoms. The highest BCUT2D eigenvalue weighted by Crippen LogP contribution is 2.51. The number of imide groups is 1. The van der Waals surface area contributed by atoms with Crippen LogP contribution in [0.2, 0.25) is 0 Å². The van der Waals surface area contributed by atoms with Gasteiger partial charge in [-0.25, -0.2) is 14.8 Å². The van der Waals surface area contributed by atoms with Crippen LogP contribution in [0.3, 0.4) is 0 Å². The van der Waals surface area contributed by atoms with E-state index in [1.54, 1.807) is 5.06 Å². The van der Waals surface area contributed by atoms with Crippen LogP contribution in [-0.4, -0.2) is 31.0 Å². The molecular weight excluding hydrogens is 512 g/mol. The van der Waals surface area contributed by atoms with E-state index in [-0.39, 0.29) is 11.3 Å². The lowest BCUT2D eigenvalue weighted by Crippen LogP contribution is -2.37. The van der Waals surface area contributed by atoms with Crippen molar-refractivity contribution in [1.82, 2.24) is 0 Å². The monoisotopic (exact) mass is 544 g/mol. The highest BCUT2D eigenvalue weighted by Gasteiger charge is 2.61. The first-order valence-electron chi connectivity index (χ1n) is 13.4. The van der Waals surface area contributed by atoms with E-state index in [1.807, 2.05) is 60.7 Å². The SMILES string of the molecule is COC(=O)c1c(N2C(=O)[C@H]3[C@@H](c4ccccc4)N(c4ccccc4)O[C@H]3C2=O)sc2c1CC[C@@H](C(C)(C)C)C2. The van der Waals surface area contributed by atoms with Gasteiger partial charge in [-0.2, -0.15) is 0 Å². The number of esters is 1. The summed E-state index contributed by atoms with van der Waals surface area (Å²) in [5.41, 5.74) is 3.02. The standard InChI is InChI=1S/C31H32N2O5S/c1-31(2,3)19-15-16-21-22(17-19)39-29(23(21)30(36)37-4)32-27(34)24-25(18-11-7-5-8-12-18)33(38-26(24)28(32)35)20-13-9-6-10-14-20/h5-14,19,24-26H,15-17H2,1-4H3/t19-,24+,25-,26-/m1/s1. The molecule has 4 atom stereocenters. The molecule has 1 aliphatic carbocycles. The van der Waals surface area contributed by atoms with Gasteiger partial charge < -0.3 is 4.74 Å². The van der Waals surface area contributed by atoms with Gasteiger partial charge in [0.1, 0.15) is 10.9 Å². The molecule has 3 aliphatic rings. The number of thiophene rings is 1. The van der Waals surface area contributed by atoms with Crippen LogP contribution in [0.5, 0.6) is 0 Å². The molecule has 0 bridgehead atoms. The fourth-order valence-electron chi connectivity index (χ4n) is 6.18. The number of hydrogen-bond donors (Lipinski definition) is 0.